The van der Waals surface area contributed by atoms with Gasteiger partial charge in [0.15, 0.2) is 0 Å². The van der Waals surface area contributed by atoms with Gasteiger partial charge in [-0.1, -0.05) is 12.1 Å². The zero-order valence-corrected chi connectivity index (χ0v) is 12.1. The number of benzene rings is 1. The van der Waals surface area contributed by atoms with Gasteiger partial charge < -0.3 is 9.64 Å². The Morgan fingerprint density at radius 1 is 1.33 bits per heavy atom. The van der Waals surface area contributed by atoms with Crippen LogP contribution in [0.2, 0.25) is 0 Å². The Hall–Kier alpha value is -1.83. The van der Waals surface area contributed by atoms with E-state index in [1.807, 2.05) is 17.0 Å². The van der Waals surface area contributed by atoms with E-state index in [-0.39, 0.29) is 11.8 Å². The van der Waals surface area contributed by atoms with E-state index in [1.54, 1.807) is 0 Å². The minimum Gasteiger partial charge on any atom is -0.379 e. The summed E-state index contributed by atoms with van der Waals surface area (Å²) in [6.07, 6.45) is 5.91. The molecule has 2 aliphatic rings. The van der Waals surface area contributed by atoms with Gasteiger partial charge >= 0.3 is 0 Å². The molecular formula is C17H20N2O2. The van der Waals surface area contributed by atoms with E-state index in [9.17, 15) is 4.79 Å². The maximum atomic E-state index is 12.0. The van der Waals surface area contributed by atoms with Gasteiger partial charge in [0.2, 0.25) is 5.91 Å². The van der Waals surface area contributed by atoms with Crippen LogP contribution in [0.3, 0.4) is 0 Å². The third-order valence-corrected chi connectivity index (χ3v) is 4.09. The summed E-state index contributed by atoms with van der Waals surface area (Å²) in [7, 11) is 0. The molecule has 1 aromatic carbocycles. The summed E-state index contributed by atoms with van der Waals surface area (Å²) < 4.78 is 5.37. The number of rotatable bonds is 3. The Kier molecular flexibility index (Phi) is 4.23. The largest absolute Gasteiger partial charge is 0.379 e. The van der Waals surface area contributed by atoms with Gasteiger partial charge in [-0.25, -0.2) is 0 Å². The van der Waals surface area contributed by atoms with Gasteiger partial charge in [-0.3, -0.25) is 9.69 Å². The van der Waals surface area contributed by atoms with Gasteiger partial charge in [-0.05, 0) is 17.7 Å². The number of hydrogen-bond donors (Lipinski definition) is 0. The fourth-order valence-electron chi connectivity index (χ4n) is 2.91. The van der Waals surface area contributed by atoms with Crippen molar-refractivity contribution >= 4 is 11.6 Å². The summed E-state index contributed by atoms with van der Waals surface area (Å²) in [6.45, 7) is 5.06. The maximum Gasteiger partial charge on any atom is 0.228 e. The first-order chi connectivity index (χ1) is 10.3. The van der Waals surface area contributed by atoms with E-state index < -0.39 is 0 Å². The van der Waals surface area contributed by atoms with E-state index in [0.29, 0.717) is 13.0 Å². The molecule has 2 saturated heterocycles. The number of anilines is 1. The highest BCUT2D eigenvalue weighted by Crippen LogP contribution is 2.25. The van der Waals surface area contributed by atoms with Crippen LogP contribution >= 0.6 is 0 Å². The molecule has 1 aromatic rings. The summed E-state index contributed by atoms with van der Waals surface area (Å²) >= 11 is 0. The molecular weight excluding hydrogens is 264 g/mol. The van der Waals surface area contributed by atoms with Crippen molar-refractivity contribution in [3.63, 3.8) is 0 Å². The number of ether oxygens (including phenoxy) is 1. The molecule has 0 spiro atoms. The van der Waals surface area contributed by atoms with Crippen molar-refractivity contribution in [3.8, 4) is 12.3 Å². The Balaban J connectivity index is 1.71. The van der Waals surface area contributed by atoms with Gasteiger partial charge in [-0.15, -0.1) is 12.3 Å². The van der Waals surface area contributed by atoms with Crippen molar-refractivity contribution in [2.45, 2.75) is 13.0 Å². The van der Waals surface area contributed by atoms with Gasteiger partial charge in [0.25, 0.3) is 0 Å². The van der Waals surface area contributed by atoms with Crippen LogP contribution in [-0.4, -0.2) is 43.7 Å². The lowest BCUT2D eigenvalue weighted by atomic mass is 10.1. The minimum atomic E-state index is 0.0420. The maximum absolute atomic E-state index is 12.0. The van der Waals surface area contributed by atoms with Crippen LogP contribution < -0.4 is 4.90 Å². The van der Waals surface area contributed by atoms with Crippen molar-refractivity contribution in [2.24, 2.45) is 5.92 Å². The molecule has 4 nitrogen and oxygen atoms in total. The molecule has 0 bridgehead atoms. The number of terminal acetylenes is 1. The van der Waals surface area contributed by atoms with E-state index >= 15 is 0 Å². The smallest absolute Gasteiger partial charge is 0.228 e. The number of nitrogens with zero attached hydrogens (tertiary/aromatic N) is 2. The molecule has 0 N–H and O–H groups in total. The average Bonchev–Trinajstić information content (AvgIpc) is 2.90. The Labute approximate surface area is 125 Å². The van der Waals surface area contributed by atoms with Crippen LogP contribution in [0, 0.1) is 18.3 Å². The Morgan fingerprint density at radius 2 is 2.14 bits per heavy atom. The van der Waals surface area contributed by atoms with Crippen LogP contribution in [0.25, 0.3) is 0 Å². The SMILES string of the molecule is C#CC1CC(=O)N(c2cccc(CN3CCOCC3)c2)C1. The van der Waals surface area contributed by atoms with Gasteiger partial charge in [0, 0.05) is 44.2 Å². The molecule has 0 saturated carbocycles. The number of carbonyl (C=O) groups is 1. The fourth-order valence-corrected chi connectivity index (χ4v) is 2.91. The molecule has 110 valence electrons. The van der Waals surface area contributed by atoms with E-state index in [2.05, 4.69) is 23.0 Å². The first-order valence-corrected chi connectivity index (χ1v) is 7.42. The highest BCUT2D eigenvalue weighted by atomic mass is 16.5. The first kappa shape index (κ1) is 14.1. The van der Waals surface area contributed by atoms with E-state index in [1.165, 1.54) is 5.56 Å². The highest BCUT2D eigenvalue weighted by Gasteiger charge is 2.29. The van der Waals surface area contributed by atoms with Gasteiger partial charge in [0.1, 0.15) is 0 Å². The Bertz CT molecular complexity index is 558. The average molecular weight is 284 g/mol. The number of carbonyl (C=O) groups excluding carboxylic acids is 1. The summed E-state index contributed by atoms with van der Waals surface area (Å²) in [5.41, 5.74) is 2.19. The van der Waals surface area contributed by atoms with Crippen molar-refractivity contribution in [3.05, 3.63) is 29.8 Å². The Morgan fingerprint density at radius 3 is 2.86 bits per heavy atom. The van der Waals surface area contributed by atoms with Crippen molar-refractivity contribution in [1.82, 2.24) is 4.90 Å². The van der Waals surface area contributed by atoms with Crippen molar-refractivity contribution < 1.29 is 9.53 Å². The predicted molar refractivity (Wildman–Crippen MR) is 81.8 cm³/mol. The monoisotopic (exact) mass is 284 g/mol. The minimum absolute atomic E-state index is 0.0420. The zero-order chi connectivity index (χ0) is 14.7. The lowest BCUT2D eigenvalue weighted by molar-refractivity contribution is -0.117. The molecule has 2 heterocycles. The first-order valence-electron chi connectivity index (χ1n) is 7.42. The molecule has 4 heteroatoms. The number of amides is 1. The summed E-state index contributed by atoms with van der Waals surface area (Å²) in [5, 5.41) is 0. The highest BCUT2D eigenvalue weighted by molar-refractivity contribution is 5.96. The van der Waals surface area contributed by atoms with Gasteiger partial charge in [0.05, 0.1) is 13.2 Å². The van der Waals surface area contributed by atoms with E-state index in [4.69, 9.17) is 11.2 Å². The number of morpholine rings is 1. The second-order valence-electron chi connectivity index (χ2n) is 5.63. The van der Waals surface area contributed by atoms with Gasteiger partial charge in [-0.2, -0.15) is 0 Å². The van der Waals surface area contributed by atoms with Crippen LogP contribution in [0.4, 0.5) is 5.69 Å². The third-order valence-electron chi connectivity index (χ3n) is 4.09. The molecule has 2 fully saturated rings. The molecule has 1 unspecified atom stereocenters. The van der Waals surface area contributed by atoms with E-state index in [0.717, 1.165) is 38.5 Å². The second-order valence-corrected chi connectivity index (χ2v) is 5.63. The normalized spacial score (nSPS) is 23.3. The fraction of sp³-hybridized carbons (Fsp3) is 0.471. The molecule has 1 amide bonds. The third kappa shape index (κ3) is 3.26. The van der Waals surface area contributed by atoms with Crippen LogP contribution in [0.1, 0.15) is 12.0 Å². The standard InChI is InChI=1S/C17H20N2O2/c1-2-14-11-17(20)19(13-14)16-5-3-4-15(10-16)12-18-6-8-21-9-7-18/h1,3-5,10,14H,6-9,11-13H2. The van der Waals surface area contributed by atoms with Crippen LogP contribution in [0.15, 0.2) is 24.3 Å². The van der Waals surface area contributed by atoms with Crippen molar-refractivity contribution in [2.75, 3.05) is 37.7 Å². The summed E-state index contributed by atoms with van der Waals surface area (Å²) in [4.78, 5) is 16.2. The molecule has 2 aliphatic heterocycles. The molecule has 1 atom stereocenters. The van der Waals surface area contributed by atoms with Crippen molar-refractivity contribution in [1.29, 1.82) is 0 Å². The summed E-state index contributed by atoms with van der Waals surface area (Å²) in [5.74, 6) is 2.86. The van der Waals surface area contributed by atoms with Crippen LogP contribution in [-0.2, 0) is 16.1 Å². The zero-order valence-electron chi connectivity index (χ0n) is 12.1. The molecule has 0 aromatic heterocycles. The molecule has 0 radical (unpaired) electrons. The summed E-state index contributed by atoms with van der Waals surface area (Å²) in [6, 6.07) is 8.21. The lowest BCUT2D eigenvalue weighted by Gasteiger charge is -2.27. The predicted octanol–water partition coefficient (Wildman–Crippen LogP) is 1.50. The molecule has 3 rings (SSSR count). The lowest BCUT2D eigenvalue weighted by Crippen LogP contribution is -2.35. The molecule has 21 heavy (non-hydrogen) atoms. The second kappa shape index (κ2) is 6.30. The quantitative estimate of drug-likeness (QED) is 0.789. The number of hydrogen-bond acceptors (Lipinski definition) is 3. The molecule has 0 aliphatic carbocycles. The van der Waals surface area contributed by atoms with Crippen LogP contribution in [0.5, 0.6) is 0 Å². The topological polar surface area (TPSA) is 32.8 Å².